The van der Waals surface area contributed by atoms with E-state index in [1.54, 1.807) is 13.0 Å². The molecule has 4 aromatic rings. The first-order chi connectivity index (χ1) is 19.4. The number of rotatable bonds is 7. The van der Waals surface area contributed by atoms with Gasteiger partial charge in [-0.05, 0) is 60.2 Å². The van der Waals surface area contributed by atoms with E-state index in [-0.39, 0.29) is 34.8 Å². The number of hydrogen-bond acceptors (Lipinski definition) is 7. The Balaban J connectivity index is 1.35. The second-order valence-electron chi connectivity index (χ2n) is 9.17. The van der Waals surface area contributed by atoms with Crippen LogP contribution in [0.15, 0.2) is 42.7 Å². The van der Waals surface area contributed by atoms with E-state index in [0.717, 1.165) is 34.1 Å². The molecule has 11 nitrogen and oxygen atoms in total. The molecular weight excluding hydrogens is 552 g/mol. The van der Waals surface area contributed by atoms with Crippen LogP contribution in [-0.2, 0) is 13.0 Å². The Kier molecular flexibility index (Phi) is 7.02. The van der Waals surface area contributed by atoms with Crippen molar-refractivity contribution in [1.29, 1.82) is 0 Å². The lowest BCUT2D eigenvalue weighted by Crippen LogP contribution is -2.30. The summed E-state index contributed by atoms with van der Waals surface area (Å²) in [7, 11) is 0. The second kappa shape index (κ2) is 10.5. The number of carbonyl (C=O) groups excluding carboxylic acids is 2. The third kappa shape index (κ3) is 5.64. The Labute approximate surface area is 228 Å². The molecule has 0 saturated heterocycles. The average molecular weight is 572 g/mol. The Bertz CT molecular complexity index is 1700. The largest absolute Gasteiger partial charge is 0.573 e. The number of aromatic nitrogens is 4. The molecule has 3 N–H and O–H groups in total. The van der Waals surface area contributed by atoms with Gasteiger partial charge in [-0.1, -0.05) is 12.1 Å². The van der Waals surface area contributed by atoms with Gasteiger partial charge in [-0.2, -0.15) is 14.6 Å². The van der Waals surface area contributed by atoms with Crippen LogP contribution in [-0.4, -0.2) is 48.8 Å². The van der Waals surface area contributed by atoms with Gasteiger partial charge in [0.15, 0.2) is 11.6 Å². The topological polar surface area (TPSA) is 148 Å². The fourth-order valence-electron chi connectivity index (χ4n) is 4.72. The number of aromatic carboxylic acids is 1. The monoisotopic (exact) mass is 572 g/mol. The van der Waals surface area contributed by atoms with Crippen molar-refractivity contribution >= 4 is 23.6 Å². The molecule has 2 aromatic heterocycles. The van der Waals surface area contributed by atoms with E-state index < -0.39 is 41.8 Å². The molecule has 0 radical (unpaired) electrons. The molecule has 1 aliphatic carbocycles. The summed E-state index contributed by atoms with van der Waals surface area (Å²) in [5.74, 6) is -4.75. The summed E-state index contributed by atoms with van der Waals surface area (Å²) in [6, 6.07) is 6.67. The highest BCUT2D eigenvalue weighted by Gasteiger charge is 2.32. The number of carboxylic acid groups (broad SMARTS) is 1. The summed E-state index contributed by atoms with van der Waals surface area (Å²) >= 11 is 0. The second-order valence-corrected chi connectivity index (χ2v) is 9.17. The van der Waals surface area contributed by atoms with Crippen molar-refractivity contribution in [2.45, 2.75) is 38.7 Å². The van der Waals surface area contributed by atoms with Crippen LogP contribution in [0.5, 0.6) is 5.75 Å². The first-order valence-corrected chi connectivity index (χ1v) is 12.1. The summed E-state index contributed by atoms with van der Waals surface area (Å²) in [6.45, 7) is 1.42. The number of amides is 2. The molecule has 2 amide bonds. The van der Waals surface area contributed by atoms with Gasteiger partial charge in [-0.15, -0.1) is 13.2 Å². The number of ether oxygens (including phenoxy) is 1. The molecule has 15 heteroatoms. The zero-order valence-electron chi connectivity index (χ0n) is 21.1. The molecule has 2 heterocycles. The van der Waals surface area contributed by atoms with Gasteiger partial charge in [0.2, 0.25) is 0 Å². The molecule has 212 valence electrons. The van der Waals surface area contributed by atoms with E-state index in [0.29, 0.717) is 18.4 Å². The lowest BCUT2D eigenvalue weighted by molar-refractivity contribution is -0.275. The molecule has 0 fully saturated rings. The summed E-state index contributed by atoms with van der Waals surface area (Å²) in [5.41, 5.74) is 2.28. The van der Waals surface area contributed by atoms with Crippen molar-refractivity contribution in [1.82, 2.24) is 30.2 Å². The number of carbonyl (C=O) groups is 3. The van der Waals surface area contributed by atoms with Crippen molar-refractivity contribution in [3.05, 3.63) is 87.7 Å². The van der Waals surface area contributed by atoms with Gasteiger partial charge in [0.05, 0.1) is 11.6 Å². The highest BCUT2D eigenvalue weighted by atomic mass is 19.4. The zero-order chi connectivity index (χ0) is 29.5. The van der Waals surface area contributed by atoms with E-state index in [2.05, 4.69) is 30.4 Å². The Hall–Kier alpha value is -5.08. The van der Waals surface area contributed by atoms with Crippen LogP contribution in [0.2, 0.25) is 0 Å². The smallest absolute Gasteiger partial charge is 0.478 e. The van der Waals surface area contributed by atoms with E-state index >= 15 is 0 Å². The fourth-order valence-corrected chi connectivity index (χ4v) is 4.72. The zero-order valence-corrected chi connectivity index (χ0v) is 21.1. The number of carboxylic acids is 1. The average Bonchev–Trinajstić information content (AvgIpc) is 3.55. The maximum Gasteiger partial charge on any atom is 0.573 e. The van der Waals surface area contributed by atoms with Crippen LogP contribution in [0.3, 0.4) is 0 Å². The van der Waals surface area contributed by atoms with Gasteiger partial charge < -0.3 is 20.5 Å². The number of hydrogen-bond donors (Lipinski definition) is 3. The quantitative estimate of drug-likeness (QED) is 0.285. The summed E-state index contributed by atoms with van der Waals surface area (Å²) in [4.78, 5) is 45.7. The standard InChI is InChI=1S/C26H20F4N6O5/c1-12-14-5-7-18(16(14)4-3-15(12)24(39)40)34-23(38)20-9-19(35-25-32-11-33-36(20)25)22(37)31-10-13-2-6-17(27)21(8-13)41-26(28,29)30/h2-4,6,8-9,11,18H,5,7,10H2,1H3,(H,31,37)(H,34,38)(H,39,40)/t18-/m0/s1. The van der Waals surface area contributed by atoms with Gasteiger partial charge in [0.1, 0.15) is 17.7 Å². The Morgan fingerprint density at radius 3 is 2.66 bits per heavy atom. The van der Waals surface area contributed by atoms with E-state index in [1.165, 1.54) is 18.2 Å². The van der Waals surface area contributed by atoms with Crippen molar-refractivity contribution in [2.24, 2.45) is 0 Å². The number of nitrogens with one attached hydrogen (secondary N) is 2. The highest BCUT2D eigenvalue weighted by Crippen LogP contribution is 2.35. The molecule has 1 atom stereocenters. The van der Waals surface area contributed by atoms with Crippen molar-refractivity contribution in [3.63, 3.8) is 0 Å². The summed E-state index contributed by atoms with van der Waals surface area (Å²) < 4.78 is 56.1. The fraction of sp³-hybridized carbons (Fsp3) is 0.231. The number of alkyl halides is 3. The first kappa shape index (κ1) is 27.5. The SMILES string of the molecule is Cc1c(C(=O)O)ccc2c1CC[C@@H]2NC(=O)c1cc(C(=O)NCc2ccc(F)c(OC(F)(F)F)c2)nc2ncnn12. The van der Waals surface area contributed by atoms with Gasteiger partial charge >= 0.3 is 12.3 Å². The van der Waals surface area contributed by atoms with Crippen LogP contribution in [0.4, 0.5) is 17.6 Å². The van der Waals surface area contributed by atoms with E-state index in [9.17, 15) is 37.1 Å². The molecule has 5 rings (SSSR count). The molecule has 0 aliphatic heterocycles. The van der Waals surface area contributed by atoms with E-state index in [1.807, 2.05) is 0 Å². The lowest BCUT2D eigenvalue weighted by atomic mass is 9.98. The van der Waals surface area contributed by atoms with Gasteiger partial charge in [0, 0.05) is 12.6 Å². The molecule has 2 aromatic carbocycles. The number of fused-ring (bicyclic) bond motifs is 2. The molecule has 0 spiro atoms. The predicted octanol–water partition coefficient (Wildman–Crippen LogP) is 3.52. The normalized spacial score (nSPS) is 14.5. The van der Waals surface area contributed by atoms with Gasteiger partial charge in [-0.25, -0.2) is 14.2 Å². The predicted molar refractivity (Wildman–Crippen MR) is 132 cm³/mol. The Morgan fingerprint density at radius 1 is 1.15 bits per heavy atom. The number of nitrogens with zero attached hydrogens (tertiary/aromatic N) is 4. The number of halogens is 4. The van der Waals surface area contributed by atoms with Crippen LogP contribution < -0.4 is 15.4 Å². The lowest BCUT2D eigenvalue weighted by Gasteiger charge is -2.16. The molecular formula is C26H20F4N6O5. The third-order valence-corrected chi connectivity index (χ3v) is 6.62. The van der Waals surface area contributed by atoms with Crippen molar-refractivity contribution in [2.75, 3.05) is 0 Å². The minimum atomic E-state index is -5.10. The maximum atomic E-state index is 13.7. The third-order valence-electron chi connectivity index (χ3n) is 6.62. The van der Waals surface area contributed by atoms with Crippen molar-refractivity contribution < 1.29 is 41.8 Å². The van der Waals surface area contributed by atoms with E-state index in [4.69, 9.17) is 0 Å². The maximum absolute atomic E-state index is 13.7. The molecule has 0 saturated carbocycles. The molecule has 0 unspecified atom stereocenters. The molecule has 0 bridgehead atoms. The highest BCUT2D eigenvalue weighted by molar-refractivity contribution is 5.98. The van der Waals surface area contributed by atoms with Gasteiger partial charge in [0.25, 0.3) is 17.6 Å². The van der Waals surface area contributed by atoms with Crippen molar-refractivity contribution in [3.8, 4) is 5.75 Å². The van der Waals surface area contributed by atoms with Crippen LogP contribution in [0, 0.1) is 12.7 Å². The minimum absolute atomic E-state index is 0.0563. The minimum Gasteiger partial charge on any atom is -0.478 e. The first-order valence-electron chi connectivity index (χ1n) is 12.1. The summed E-state index contributed by atoms with van der Waals surface area (Å²) in [6.07, 6.45) is -2.86. The van der Waals surface area contributed by atoms with Gasteiger partial charge in [-0.3, -0.25) is 9.59 Å². The van der Waals surface area contributed by atoms with Crippen LogP contribution in [0.1, 0.15) is 66.1 Å². The van der Waals surface area contributed by atoms with Crippen LogP contribution >= 0.6 is 0 Å². The Morgan fingerprint density at radius 2 is 1.93 bits per heavy atom. The molecule has 1 aliphatic rings. The molecule has 41 heavy (non-hydrogen) atoms. The summed E-state index contributed by atoms with van der Waals surface area (Å²) in [5, 5.41) is 18.7. The van der Waals surface area contributed by atoms with Crippen LogP contribution in [0.25, 0.3) is 5.78 Å². The number of benzene rings is 2.